The number of H-pyrrole nitrogens is 2. The predicted octanol–water partition coefficient (Wildman–Crippen LogP) is 10.3. The largest absolute Gasteiger partial charge is 0.480 e. The number of hydrogen-bond donors (Lipinski definition) is 13. The lowest BCUT2D eigenvalue weighted by Gasteiger charge is -2.36. The average molecular weight is 1910 g/mol. The number of nitrogens with two attached hydrogens (primary N) is 1. The first-order valence-corrected chi connectivity index (χ1v) is 47.1. The SMILES string of the molecule is NCCCCCNc1cccc2c1C(=O)N(C1CCC(=O)NC1=O)C2=O.O=C(CN1CCN(c2ccc(C(=O)Nc3n[nH]c4ccc(Cc5cc(F)cc(F)c5)cc34)c(NC3CCOCC3)c2)CC1)NCCCCCNc1cccc2c1C(=O)N(C1CCC(=O)NC1=O)C2=O.O=C(O)CN1CCN(c2ccc(C(=O)Nc3n[nH]c4ccc(Cc5cc(F)cc(F)c5)cc34)c(NC3CCOCC3)c2)CC1. The maximum absolute atomic E-state index is 14.0. The summed E-state index contributed by atoms with van der Waals surface area (Å²) in [5, 5.41) is 52.1. The molecule has 2 atom stereocenters. The molecular weight excluding hydrogens is 1800 g/mol. The summed E-state index contributed by atoms with van der Waals surface area (Å²) >= 11 is 0. The van der Waals surface area contributed by atoms with E-state index in [0.717, 1.165) is 109 Å². The maximum atomic E-state index is 14.0. The van der Waals surface area contributed by atoms with Gasteiger partial charge >= 0.3 is 5.97 Å². The summed E-state index contributed by atoms with van der Waals surface area (Å²) in [5.74, 6) is -7.57. The van der Waals surface area contributed by atoms with Crippen LogP contribution in [0.3, 0.4) is 0 Å². The number of carboxylic acids is 1. The second kappa shape index (κ2) is 45.2. The first kappa shape index (κ1) is 97.5. The summed E-state index contributed by atoms with van der Waals surface area (Å²) < 4.78 is 66.4. The number of aliphatic carboxylic acids is 1. The van der Waals surface area contributed by atoms with Crippen LogP contribution in [0.25, 0.3) is 21.8 Å². The molecule has 11 amide bonds. The topological polar surface area (TPSA) is 455 Å². The third-order valence-electron chi connectivity index (χ3n) is 25.9. The van der Waals surface area contributed by atoms with Gasteiger partial charge in [-0.2, -0.15) is 10.2 Å². The van der Waals surface area contributed by atoms with Gasteiger partial charge in [0.2, 0.25) is 29.5 Å². The molecule has 2 aromatic heterocycles. The van der Waals surface area contributed by atoms with E-state index in [1.165, 1.54) is 24.3 Å². The van der Waals surface area contributed by atoms with Crippen LogP contribution in [0.4, 0.5) is 63.3 Å². The number of unbranched alkanes of at least 4 members (excludes halogenated alkanes) is 4. The van der Waals surface area contributed by atoms with E-state index >= 15 is 0 Å². The number of piperazine rings is 2. The van der Waals surface area contributed by atoms with E-state index in [2.05, 4.69) is 82.9 Å². The third-order valence-corrected chi connectivity index (χ3v) is 25.9. The molecule has 10 aromatic rings. The monoisotopic (exact) mass is 1910 g/mol. The molecule has 6 fully saturated rings. The summed E-state index contributed by atoms with van der Waals surface area (Å²) in [6.45, 7) is 10.6. The molecule has 39 heteroatoms. The number of anilines is 8. The number of hydrogen-bond acceptors (Lipinski definition) is 25. The molecule has 18 rings (SSSR count). The Bertz CT molecular complexity index is 6270. The van der Waals surface area contributed by atoms with Crippen LogP contribution in [0.2, 0.25) is 0 Å². The van der Waals surface area contributed by atoms with Crippen LogP contribution in [-0.2, 0) is 51.1 Å². The van der Waals surface area contributed by atoms with E-state index < -0.39 is 82.7 Å². The molecule has 0 bridgehead atoms. The van der Waals surface area contributed by atoms with Gasteiger partial charge in [-0.1, -0.05) is 30.7 Å². The Hall–Kier alpha value is -14.5. The number of fused-ring (bicyclic) bond motifs is 4. The Balaban J connectivity index is 0.000000169. The van der Waals surface area contributed by atoms with E-state index in [9.17, 15) is 75.1 Å². The first-order chi connectivity index (χ1) is 67.3. The number of carboxylic acid groups (broad SMARTS) is 1. The molecule has 8 aliphatic rings. The fourth-order valence-electron chi connectivity index (χ4n) is 18.6. The van der Waals surface area contributed by atoms with Gasteiger partial charge in [-0.25, -0.2) is 17.6 Å². The highest BCUT2D eigenvalue weighted by atomic mass is 19.1. The number of halogens is 4. The van der Waals surface area contributed by atoms with Crippen LogP contribution in [0.15, 0.2) is 146 Å². The van der Waals surface area contributed by atoms with Gasteiger partial charge < -0.3 is 67.3 Å². The van der Waals surface area contributed by atoms with Crippen molar-refractivity contribution in [2.75, 3.05) is 160 Å². The molecule has 6 saturated heterocycles. The van der Waals surface area contributed by atoms with Gasteiger partial charge in [0.25, 0.3) is 35.4 Å². The number of carbonyl (C=O) groups is 12. The zero-order chi connectivity index (χ0) is 97.3. The van der Waals surface area contributed by atoms with Crippen LogP contribution < -0.4 is 63.4 Å². The van der Waals surface area contributed by atoms with Crippen molar-refractivity contribution in [3.8, 4) is 0 Å². The van der Waals surface area contributed by atoms with Crippen LogP contribution in [-0.4, -0.2) is 258 Å². The van der Waals surface area contributed by atoms with Crippen molar-refractivity contribution in [3.63, 3.8) is 0 Å². The number of imide groups is 4. The van der Waals surface area contributed by atoms with E-state index in [-0.39, 0.29) is 91.2 Å². The number of carbonyl (C=O) groups excluding carboxylic acids is 11. The van der Waals surface area contributed by atoms with Crippen molar-refractivity contribution in [2.45, 2.75) is 127 Å². The lowest BCUT2D eigenvalue weighted by Crippen LogP contribution is -2.54. The number of ether oxygens (including phenoxy) is 2. The molecule has 35 nitrogen and oxygen atoms in total. The Kier molecular flexibility index (Phi) is 31.7. The minimum Gasteiger partial charge on any atom is -0.480 e. The van der Waals surface area contributed by atoms with Gasteiger partial charge in [0.1, 0.15) is 35.4 Å². The standard InChI is InChI=1S/C50H54F2N10O7.C32H34F2N6O4.C18H22N4O4/c51-32-24-31(25-33(52)27-32)23-30-7-10-39-38(26-30)46(59-58-39)57-47(65)36-9-8-35(28-41(36)55-34-13-21-69-22-14-34)61-19-17-60(18-20-61)29-44(64)54-16-3-1-2-15-53-40-6-4-5-37-45(40)50(68)62(49(37)67)42-11-12-43(63)56-48(42)66;33-22-14-21(15-23(34)17-22)13-20-1-4-28-27(16-20)31(38-37-28)36-32(43)26-3-2-25(18-29(26)35-24-5-11-44-12-6-24)40-9-7-39(8-10-40)19-30(41)42;19-9-2-1-3-10-20-12-6-4-5-11-15(12)18(26)22(17(11)25)13-7-8-14(23)21-16(13)24/h4-10,24-28,34,42,53,55H,1-3,11-23,29H2,(H,54,64)(H,56,63,66)(H2,57,58,59,65);1-4,14-18,24,35H,5-13,19H2,(H,41,42)(H2,36,37,38,43);4-6,13,20H,1-3,7-10,19H2,(H,21,23,24). The second-order valence-electron chi connectivity index (χ2n) is 35.6. The zero-order valence-corrected chi connectivity index (χ0v) is 76.5. The molecule has 728 valence electrons. The van der Waals surface area contributed by atoms with E-state index in [4.69, 9.17) is 20.3 Å². The molecule has 0 aliphatic carbocycles. The molecule has 0 spiro atoms. The number of aromatic nitrogens is 4. The maximum Gasteiger partial charge on any atom is 0.317 e. The highest BCUT2D eigenvalue weighted by molar-refractivity contribution is 6.27. The minimum absolute atomic E-state index is 0.0240. The average Bonchev–Trinajstić information content (AvgIpc) is 1.60. The van der Waals surface area contributed by atoms with Crippen molar-refractivity contribution in [1.29, 1.82) is 0 Å². The summed E-state index contributed by atoms with van der Waals surface area (Å²) in [4.78, 5) is 162. The third kappa shape index (κ3) is 24.2. The smallest absolute Gasteiger partial charge is 0.317 e. The molecule has 8 aliphatic heterocycles. The Morgan fingerprint density at radius 2 is 0.856 bits per heavy atom. The molecule has 2 unspecified atom stereocenters. The van der Waals surface area contributed by atoms with E-state index in [0.29, 0.717) is 202 Å². The predicted molar refractivity (Wildman–Crippen MR) is 512 cm³/mol. The Labute approximate surface area is 797 Å². The first-order valence-electron chi connectivity index (χ1n) is 47.1. The van der Waals surface area contributed by atoms with Crippen molar-refractivity contribution in [3.05, 3.63) is 224 Å². The van der Waals surface area contributed by atoms with E-state index in [1.54, 1.807) is 42.5 Å². The van der Waals surface area contributed by atoms with Crippen LogP contribution in [0.5, 0.6) is 0 Å². The number of amides is 11. The van der Waals surface area contributed by atoms with Crippen LogP contribution in [0, 0.1) is 23.3 Å². The lowest BCUT2D eigenvalue weighted by molar-refractivity contribution is -0.139. The van der Waals surface area contributed by atoms with Gasteiger partial charge in [-0.3, -0.25) is 98.0 Å². The van der Waals surface area contributed by atoms with Gasteiger partial charge in [0.05, 0.1) is 57.5 Å². The minimum atomic E-state index is -1.03. The summed E-state index contributed by atoms with van der Waals surface area (Å²) in [7, 11) is 0. The van der Waals surface area contributed by atoms with Gasteiger partial charge in [-0.15, -0.1) is 0 Å². The van der Waals surface area contributed by atoms with Crippen LogP contribution >= 0.6 is 0 Å². The molecule has 0 saturated carbocycles. The van der Waals surface area contributed by atoms with Gasteiger partial charge in [0, 0.05) is 180 Å². The fourth-order valence-corrected chi connectivity index (χ4v) is 18.6. The normalized spacial score (nSPS) is 17.6. The van der Waals surface area contributed by atoms with Crippen molar-refractivity contribution < 1.29 is 89.7 Å². The molecule has 14 N–H and O–H groups in total. The Morgan fingerprint density at radius 1 is 0.439 bits per heavy atom. The molecular formula is C100H110F4N20O15. The van der Waals surface area contributed by atoms with Gasteiger partial charge in [0.15, 0.2) is 11.6 Å². The number of nitrogens with zero attached hydrogens (tertiary/aromatic N) is 8. The number of aromatic amines is 2. The highest BCUT2D eigenvalue weighted by Crippen LogP contribution is 2.38. The fraction of sp³-hybridized carbons (Fsp3) is 0.380. The van der Waals surface area contributed by atoms with Crippen molar-refractivity contribution in [1.82, 2.24) is 55.9 Å². The van der Waals surface area contributed by atoms with Crippen molar-refractivity contribution >= 4 is 139 Å². The van der Waals surface area contributed by atoms with Crippen LogP contribution in [0.1, 0.15) is 174 Å². The summed E-state index contributed by atoms with van der Waals surface area (Å²) in [6.07, 6.45) is 9.39. The number of benzene rings is 8. The van der Waals surface area contributed by atoms with Crippen molar-refractivity contribution in [2.24, 2.45) is 5.73 Å². The van der Waals surface area contributed by atoms with E-state index in [1.807, 2.05) is 71.6 Å². The zero-order valence-electron chi connectivity index (χ0n) is 76.5. The summed E-state index contributed by atoms with van der Waals surface area (Å²) in [6, 6.07) is 37.7. The quantitative estimate of drug-likeness (QED) is 0.0103. The highest BCUT2D eigenvalue weighted by Gasteiger charge is 2.48. The molecule has 0 radical (unpaired) electrons. The number of piperidine rings is 2. The molecule has 10 heterocycles. The second-order valence-corrected chi connectivity index (χ2v) is 35.6. The van der Waals surface area contributed by atoms with Gasteiger partial charge in [-0.05, 0) is 221 Å². The lowest BCUT2D eigenvalue weighted by atomic mass is 10.0. The molecule has 139 heavy (non-hydrogen) atoms. The Morgan fingerprint density at radius 3 is 1.27 bits per heavy atom. The number of nitrogens with one attached hydrogen (secondary N) is 11. The molecule has 8 aromatic carbocycles. The summed E-state index contributed by atoms with van der Waals surface area (Å²) in [5.41, 5.74) is 15.8. The number of rotatable bonds is 33.